The second kappa shape index (κ2) is 9.04. The maximum absolute atomic E-state index is 11.6. The molecule has 2 heterocycles. The van der Waals surface area contributed by atoms with E-state index in [1.165, 1.54) is 0 Å². The number of nitrogens with zero attached hydrogens (tertiary/aromatic N) is 1. The Kier molecular flexibility index (Phi) is 6.42. The van der Waals surface area contributed by atoms with Crippen molar-refractivity contribution in [1.29, 1.82) is 0 Å². The Hall–Kier alpha value is -2.07. The molecule has 1 saturated carbocycles. The molecule has 2 aliphatic heterocycles. The van der Waals surface area contributed by atoms with Gasteiger partial charge in [0.1, 0.15) is 23.9 Å². The summed E-state index contributed by atoms with van der Waals surface area (Å²) in [5.41, 5.74) is -0.831. The van der Waals surface area contributed by atoms with Gasteiger partial charge in [-0.1, -0.05) is 86.6 Å². The first-order valence-electron chi connectivity index (χ1n) is 12.7. The zero-order valence-corrected chi connectivity index (χ0v) is 22.7. The molecule has 0 radical (unpaired) electrons. The van der Waals surface area contributed by atoms with Gasteiger partial charge < -0.3 is 29.0 Å². The normalized spacial score (nSPS) is 31.6. The minimum atomic E-state index is -2.82. The fourth-order valence-corrected chi connectivity index (χ4v) is 10.7. The number of oxime groups is 1. The van der Waals surface area contributed by atoms with Crippen LogP contribution in [0.15, 0.2) is 65.8 Å². The quantitative estimate of drug-likeness (QED) is 0.195. The highest BCUT2D eigenvalue weighted by Crippen LogP contribution is 2.51. The van der Waals surface area contributed by atoms with E-state index in [0.717, 1.165) is 10.4 Å². The SMILES string of the molecule is CC1(C)O[C@H]2[C@H]3O[C@H]3[C@](O)(C/C(CO[Si](c3ccccc3)(c3ccccc3)C(C)(C)C)=N/O)C[C@H]2O1. The van der Waals surface area contributed by atoms with E-state index in [1.54, 1.807) is 0 Å². The maximum atomic E-state index is 11.6. The molecule has 0 spiro atoms. The second-order valence-corrected chi connectivity index (χ2v) is 16.1. The molecule has 5 atom stereocenters. The molecule has 3 fully saturated rings. The average molecular weight is 512 g/mol. The summed E-state index contributed by atoms with van der Waals surface area (Å²) in [6, 6.07) is 20.6. The molecule has 1 aliphatic carbocycles. The van der Waals surface area contributed by atoms with Crippen LogP contribution in [0, 0.1) is 0 Å². The zero-order chi connectivity index (χ0) is 25.8. The van der Waals surface area contributed by atoms with Crippen LogP contribution in [0.4, 0.5) is 0 Å². The van der Waals surface area contributed by atoms with E-state index in [1.807, 2.05) is 50.2 Å². The van der Waals surface area contributed by atoms with Gasteiger partial charge in [0.05, 0.1) is 18.4 Å². The fourth-order valence-electron chi connectivity index (χ4n) is 6.16. The Bertz CT molecular complexity index is 1060. The largest absolute Gasteiger partial charge is 0.411 e. The van der Waals surface area contributed by atoms with Gasteiger partial charge in [0.2, 0.25) is 0 Å². The summed E-state index contributed by atoms with van der Waals surface area (Å²) >= 11 is 0. The van der Waals surface area contributed by atoms with Crippen LogP contribution in [0.5, 0.6) is 0 Å². The summed E-state index contributed by atoms with van der Waals surface area (Å²) < 4.78 is 24.8. The van der Waals surface area contributed by atoms with Crippen molar-refractivity contribution in [2.45, 2.75) is 88.3 Å². The topological polar surface area (TPSA) is 93.0 Å². The summed E-state index contributed by atoms with van der Waals surface area (Å²) in [5, 5.41) is 27.3. The lowest BCUT2D eigenvalue weighted by molar-refractivity contribution is -0.151. The molecular weight excluding hydrogens is 474 g/mol. The van der Waals surface area contributed by atoms with Crippen molar-refractivity contribution >= 4 is 24.4 Å². The molecule has 0 aromatic heterocycles. The van der Waals surface area contributed by atoms with E-state index in [0.29, 0.717) is 12.1 Å². The van der Waals surface area contributed by atoms with Gasteiger partial charge in [-0.15, -0.1) is 0 Å². The van der Waals surface area contributed by atoms with Crippen LogP contribution in [-0.2, 0) is 18.6 Å². The molecule has 2 aromatic rings. The van der Waals surface area contributed by atoms with E-state index in [4.69, 9.17) is 18.6 Å². The Labute approximate surface area is 214 Å². The molecular formula is C28H37NO6Si. The number of fused-ring (bicyclic) bond motifs is 3. The summed E-state index contributed by atoms with van der Waals surface area (Å²) in [4.78, 5) is 0. The van der Waals surface area contributed by atoms with Crippen LogP contribution in [0.25, 0.3) is 0 Å². The highest BCUT2D eigenvalue weighted by Gasteiger charge is 2.68. The first kappa shape index (κ1) is 25.6. The fraction of sp³-hybridized carbons (Fsp3) is 0.536. The van der Waals surface area contributed by atoms with Gasteiger partial charge in [-0.3, -0.25) is 0 Å². The Morgan fingerprint density at radius 3 is 2.11 bits per heavy atom. The standard InChI is InChI=1S/C28H37NO6Si/c1-26(2,3)36(20-12-8-6-9-13-20,21-14-10-7-11-15-21)32-18-19(29-31)16-28(30)17-22-23(24-25(28)33-24)35-27(4,5)34-22/h6-15,22-25,30-31H,16-18H2,1-5H3/b29-19-/t22-,23-,24-,25-,28+/m1/s1. The smallest absolute Gasteiger partial charge is 0.261 e. The Morgan fingerprint density at radius 2 is 1.58 bits per heavy atom. The average Bonchev–Trinajstić information content (AvgIpc) is 3.58. The number of rotatable bonds is 7. The van der Waals surface area contributed by atoms with Gasteiger partial charge in [-0.05, 0) is 29.3 Å². The number of epoxide rings is 1. The number of hydrogen-bond donors (Lipinski definition) is 2. The molecule has 2 saturated heterocycles. The highest BCUT2D eigenvalue weighted by atomic mass is 28.4. The first-order valence-corrected chi connectivity index (χ1v) is 14.6. The molecule has 3 aliphatic rings. The zero-order valence-electron chi connectivity index (χ0n) is 21.7. The molecule has 0 unspecified atom stereocenters. The molecule has 2 N–H and O–H groups in total. The maximum Gasteiger partial charge on any atom is 0.261 e. The lowest BCUT2D eigenvalue weighted by Gasteiger charge is -2.43. The summed E-state index contributed by atoms with van der Waals surface area (Å²) in [7, 11) is -2.82. The van der Waals surface area contributed by atoms with E-state index in [-0.39, 0.29) is 42.5 Å². The minimum Gasteiger partial charge on any atom is -0.411 e. The predicted molar refractivity (Wildman–Crippen MR) is 139 cm³/mol. The number of benzene rings is 2. The van der Waals surface area contributed by atoms with Crippen LogP contribution in [-0.4, -0.2) is 66.8 Å². The highest BCUT2D eigenvalue weighted by molar-refractivity contribution is 6.99. The molecule has 0 amide bonds. The lowest BCUT2D eigenvalue weighted by Crippen LogP contribution is -2.67. The van der Waals surface area contributed by atoms with Crippen molar-refractivity contribution in [3.05, 3.63) is 60.7 Å². The van der Waals surface area contributed by atoms with Crippen molar-refractivity contribution in [2.75, 3.05) is 6.61 Å². The van der Waals surface area contributed by atoms with E-state index >= 15 is 0 Å². The summed E-state index contributed by atoms with van der Waals surface area (Å²) in [5.74, 6) is -0.711. The first-order chi connectivity index (χ1) is 17.0. The third kappa shape index (κ3) is 4.44. The van der Waals surface area contributed by atoms with E-state index in [2.05, 4.69) is 50.2 Å². The van der Waals surface area contributed by atoms with Crippen LogP contribution < -0.4 is 10.4 Å². The number of ether oxygens (including phenoxy) is 3. The third-order valence-electron chi connectivity index (χ3n) is 7.68. The van der Waals surface area contributed by atoms with Crippen LogP contribution in [0.2, 0.25) is 5.04 Å². The monoisotopic (exact) mass is 511 g/mol. The molecule has 8 heteroatoms. The molecule has 0 bridgehead atoms. The Morgan fingerprint density at radius 1 is 1.00 bits per heavy atom. The van der Waals surface area contributed by atoms with Crippen LogP contribution in [0.1, 0.15) is 47.5 Å². The molecule has 5 rings (SSSR count). The molecule has 194 valence electrons. The van der Waals surface area contributed by atoms with Gasteiger partial charge >= 0.3 is 0 Å². The Balaban J connectivity index is 1.40. The van der Waals surface area contributed by atoms with Crippen LogP contribution in [0.3, 0.4) is 0 Å². The third-order valence-corrected chi connectivity index (χ3v) is 12.7. The predicted octanol–water partition coefficient (Wildman–Crippen LogP) is 3.21. The molecule has 2 aromatic carbocycles. The van der Waals surface area contributed by atoms with Gasteiger partial charge in [0.25, 0.3) is 8.32 Å². The van der Waals surface area contributed by atoms with E-state index < -0.39 is 19.7 Å². The van der Waals surface area contributed by atoms with Gasteiger partial charge in [-0.2, -0.15) is 0 Å². The van der Waals surface area contributed by atoms with Crippen molar-refractivity contribution in [2.24, 2.45) is 5.16 Å². The number of aliphatic hydroxyl groups is 1. The summed E-state index contributed by atoms with van der Waals surface area (Å²) in [6.07, 6.45) is -0.565. The van der Waals surface area contributed by atoms with Crippen LogP contribution >= 0.6 is 0 Å². The van der Waals surface area contributed by atoms with Gasteiger partial charge in [0.15, 0.2) is 5.79 Å². The molecule has 7 nitrogen and oxygen atoms in total. The van der Waals surface area contributed by atoms with Gasteiger partial charge in [0, 0.05) is 12.8 Å². The second-order valence-electron chi connectivity index (χ2n) is 11.8. The van der Waals surface area contributed by atoms with Gasteiger partial charge in [-0.25, -0.2) is 0 Å². The minimum absolute atomic E-state index is 0.0976. The summed E-state index contributed by atoms with van der Waals surface area (Å²) in [6.45, 7) is 10.4. The van der Waals surface area contributed by atoms with Crippen molar-refractivity contribution in [1.82, 2.24) is 0 Å². The lowest BCUT2D eigenvalue weighted by atomic mass is 9.78. The van der Waals surface area contributed by atoms with E-state index in [9.17, 15) is 10.3 Å². The van der Waals surface area contributed by atoms with Crippen molar-refractivity contribution < 1.29 is 29.0 Å². The molecule has 36 heavy (non-hydrogen) atoms. The number of hydrogen-bond acceptors (Lipinski definition) is 7. The van der Waals surface area contributed by atoms with Crippen molar-refractivity contribution in [3.8, 4) is 0 Å². The van der Waals surface area contributed by atoms with Crippen molar-refractivity contribution in [3.63, 3.8) is 0 Å².